The van der Waals surface area contributed by atoms with Crippen molar-refractivity contribution >= 4 is 5.97 Å². The molecule has 0 amide bonds. The van der Waals surface area contributed by atoms with Gasteiger partial charge in [0.05, 0.1) is 0 Å². The lowest BCUT2D eigenvalue weighted by molar-refractivity contribution is -0.148. The van der Waals surface area contributed by atoms with Gasteiger partial charge in [0.25, 0.3) is 0 Å². The summed E-state index contributed by atoms with van der Waals surface area (Å²) in [7, 11) is 0. The summed E-state index contributed by atoms with van der Waals surface area (Å²) < 4.78 is 5.67. The molecule has 2 heteroatoms. The standard InChI is InChI=1S/C15H16O2/c1-11-10-15(17-14(11)16)9-5-4-7-12-6-2-3-8-13(12)15/h2-3,6,8H,1,4-5,7,9-10H2/t15-/m1/s1. The molecular weight excluding hydrogens is 212 g/mol. The monoisotopic (exact) mass is 228 g/mol. The molecule has 1 aliphatic heterocycles. The number of carbonyl (C=O) groups excluding carboxylic acids is 1. The zero-order valence-corrected chi connectivity index (χ0v) is 9.87. The molecule has 1 saturated heterocycles. The van der Waals surface area contributed by atoms with Crippen molar-refractivity contribution in [2.24, 2.45) is 0 Å². The van der Waals surface area contributed by atoms with Gasteiger partial charge in [0, 0.05) is 12.0 Å². The average Bonchev–Trinajstić information content (AvgIpc) is 2.52. The fourth-order valence-electron chi connectivity index (χ4n) is 3.04. The first-order valence-corrected chi connectivity index (χ1v) is 6.21. The van der Waals surface area contributed by atoms with E-state index in [1.54, 1.807) is 0 Å². The van der Waals surface area contributed by atoms with Gasteiger partial charge in [-0.1, -0.05) is 30.8 Å². The van der Waals surface area contributed by atoms with Crippen molar-refractivity contribution in [3.8, 4) is 0 Å². The summed E-state index contributed by atoms with van der Waals surface area (Å²) in [6.07, 6.45) is 4.94. The Bertz CT molecular complexity index is 471. The zero-order chi connectivity index (χ0) is 11.9. The minimum absolute atomic E-state index is 0.221. The van der Waals surface area contributed by atoms with Gasteiger partial charge in [-0.25, -0.2) is 4.79 Å². The number of aryl methyl sites for hydroxylation is 1. The molecule has 1 aromatic rings. The Morgan fingerprint density at radius 3 is 2.82 bits per heavy atom. The molecule has 2 aliphatic rings. The van der Waals surface area contributed by atoms with Gasteiger partial charge in [-0.2, -0.15) is 0 Å². The van der Waals surface area contributed by atoms with Crippen LogP contribution in [0.1, 0.15) is 36.8 Å². The van der Waals surface area contributed by atoms with Crippen LogP contribution in [0.2, 0.25) is 0 Å². The van der Waals surface area contributed by atoms with Gasteiger partial charge in [0.15, 0.2) is 0 Å². The van der Waals surface area contributed by atoms with Gasteiger partial charge in [-0.3, -0.25) is 0 Å². The first-order valence-electron chi connectivity index (χ1n) is 6.21. The number of benzene rings is 1. The van der Waals surface area contributed by atoms with E-state index in [9.17, 15) is 4.79 Å². The molecule has 88 valence electrons. The van der Waals surface area contributed by atoms with Crippen LogP contribution in [0.15, 0.2) is 36.4 Å². The van der Waals surface area contributed by atoms with Gasteiger partial charge in [0.2, 0.25) is 0 Å². The summed E-state index contributed by atoms with van der Waals surface area (Å²) in [5, 5.41) is 0. The molecular formula is C15H16O2. The molecule has 0 radical (unpaired) electrons. The van der Waals surface area contributed by atoms with Crippen LogP contribution in [0.4, 0.5) is 0 Å². The van der Waals surface area contributed by atoms with Crippen molar-refractivity contribution in [1.82, 2.24) is 0 Å². The van der Waals surface area contributed by atoms with Crippen LogP contribution in [0, 0.1) is 0 Å². The Balaban J connectivity index is 2.11. The predicted molar refractivity (Wildman–Crippen MR) is 65.5 cm³/mol. The van der Waals surface area contributed by atoms with Crippen LogP contribution >= 0.6 is 0 Å². The van der Waals surface area contributed by atoms with Crippen LogP contribution in [0.3, 0.4) is 0 Å². The van der Waals surface area contributed by atoms with E-state index in [1.165, 1.54) is 17.5 Å². The quantitative estimate of drug-likeness (QED) is 0.504. The molecule has 1 aromatic carbocycles. The summed E-state index contributed by atoms with van der Waals surface area (Å²) in [6.45, 7) is 3.81. The molecule has 2 nitrogen and oxygen atoms in total. The normalized spacial score (nSPS) is 27.8. The lowest BCUT2D eigenvalue weighted by Crippen LogP contribution is -2.25. The minimum atomic E-state index is -0.415. The Kier molecular flexibility index (Phi) is 2.32. The van der Waals surface area contributed by atoms with E-state index in [2.05, 4.69) is 24.8 Å². The van der Waals surface area contributed by atoms with Crippen LogP contribution in [-0.2, 0) is 21.6 Å². The van der Waals surface area contributed by atoms with E-state index in [1.807, 2.05) is 6.07 Å². The third-order valence-corrected chi connectivity index (χ3v) is 3.86. The largest absolute Gasteiger partial charge is 0.450 e. The van der Waals surface area contributed by atoms with Gasteiger partial charge in [-0.15, -0.1) is 0 Å². The lowest BCUT2D eigenvalue weighted by atomic mass is 9.85. The maximum atomic E-state index is 11.6. The third-order valence-electron chi connectivity index (χ3n) is 3.86. The van der Waals surface area contributed by atoms with E-state index in [0.717, 1.165) is 19.3 Å². The molecule has 0 saturated carbocycles. The number of ether oxygens (including phenoxy) is 1. The summed E-state index contributed by atoms with van der Waals surface area (Å²) >= 11 is 0. The number of carbonyl (C=O) groups is 1. The van der Waals surface area contributed by atoms with Crippen molar-refractivity contribution in [2.75, 3.05) is 0 Å². The highest BCUT2D eigenvalue weighted by molar-refractivity contribution is 5.90. The average molecular weight is 228 g/mol. The Morgan fingerprint density at radius 2 is 2.06 bits per heavy atom. The van der Waals surface area contributed by atoms with Crippen LogP contribution < -0.4 is 0 Å². The molecule has 0 aromatic heterocycles. The summed E-state index contributed by atoms with van der Waals surface area (Å²) in [6, 6.07) is 8.34. The number of fused-ring (bicyclic) bond motifs is 2. The molecule has 0 unspecified atom stereocenters. The van der Waals surface area contributed by atoms with Gasteiger partial charge in [0.1, 0.15) is 5.60 Å². The number of hydrogen-bond acceptors (Lipinski definition) is 2. The second kappa shape index (κ2) is 3.73. The predicted octanol–water partition coefficient (Wildman–Crippen LogP) is 3.11. The van der Waals surface area contributed by atoms with Crippen LogP contribution in [0.5, 0.6) is 0 Å². The molecule has 1 spiro atoms. The first kappa shape index (κ1) is 10.6. The highest BCUT2D eigenvalue weighted by atomic mass is 16.6. The molecule has 17 heavy (non-hydrogen) atoms. The summed E-state index contributed by atoms with van der Waals surface area (Å²) in [5.41, 5.74) is 2.72. The fourth-order valence-corrected chi connectivity index (χ4v) is 3.04. The van der Waals surface area contributed by atoms with Crippen LogP contribution in [-0.4, -0.2) is 5.97 Å². The Labute approximate surface area is 101 Å². The molecule has 1 aliphatic carbocycles. The van der Waals surface area contributed by atoms with Crippen molar-refractivity contribution in [3.63, 3.8) is 0 Å². The van der Waals surface area contributed by atoms with Crippen molar-refractivity contribution < 1.29 is 9.53 Å². The second-order valence-electron chi connectivity index (χ2n) is 5.03. The number of hydrogen-bond donors (Lipinski definition) is 0. The molecule has 0 bridgehead atoms. The molecule has 3 rings (SSSR count). The summed E-state index contributed by atoms with van der Waals surface area (Å²) in [4.78, 5) is 11.6. The molecule has 0 N–H and O–H groups in total. The Morgan fingerprint density at radius 1 is 1.24 bits per heavy atom. The first-order chi connectivity index (χ1) is 8.21. The lowest BCUT2D eigenvalue weighted by Gasteiger charge is -2.28. The fraction of sp³-hybridized carbons (Fsp3) is 0.400. The Hall–Kier alpha value is -1.57. The third kappa shape index (κ3) is 1.59. The maximum Gasteiger partial charge on any atom is 0.334 e. The number of rotatable bonds is 0. The van der Waals surface area contributed by atoms with Gasteiger partial charge in [-0.05, 0) is 36.8 Å². The van der Waals surface area contributed by atoms with Crippen molar-refractivity contribution in [3.05, 3.63) is 47.5 Å². The van der Waals surface area contributed by atoms with Crippen molar-refractivity contribution in [1.29, 1.82) is 0 Å². The number of esters is 1. The van der Waals surface area contributed by atoms with E-state index in [0.29, 0.717) is 12.0 Å². The van der Waals surface area contributed by atoms with Gasteiger partial charge < -0.3 is 4.74 Å². The van der Waals surface area contributed by atoms with E-state index in [-0.39, 0.29) is 5.97 Å². The highest BCUT2D eigenvalue weighted by Gasteiger charge is 2.45. The molecule has 1 heterocycles. The van der Waals surface area contributed by atoms with Crippen molar-refractivity contribution in [2.45, 2.75) is 37.7 Å². The topological polar surface area (TPSA) is 26.3 Å². The van der Waals surface area contributed by atoms with E-state index >= 15 is 0 Å². The van der Waals surface area contributed by atoms with Crippen LogP contribution in [0.25, 0.3) is 0 Å². The zero-order valence-electron chi connectivity index (χ0n) is 9.87. The SMILES string of the molecule is C=C1C[C@@]2(CCCCc3ccccc32)OC1=O. The summed E-state index contributed by atoms with van der Waals surface area (Å²) in [5.74, 6) is -0.221. The van der Waals surface area contributed by atoms with E-state index in [4.69, 9.17) is 4.74 Å². The second-order valence-corrected chi connectivity index (χ2v) is 5.03. The van der Waals surface area contributed by atoms with Gasteiger partial charge >= 0.3 is 5.97 Å². The minimum Gasteiger partial charge on any atom is -0.450 e. The van der Waals surface area contributed by atoms with E-state index < -0.39 is 5.60 Å². The highest BCUT2D eigenvalue weighted by Crippen LogP contribution is 2.46. The maximum absolute atomic E-state index is 11.6. The molecule has 1 atom stereocenters. The molecule has 1 fully saturated rings. The smallest absolute Gasteiger partial charge is 0.334 e.